The number of benzene rings is 2. The first-order valence-electron chi connectivity index (χ1n) is 10.6. The van der Waals surface area contributed by atoms with E-state index in [4.69, 9.17) is 4.74 Å². The van der Waals surface area contributed by atoms with Crippen molar-refractivity contribution in [3.8, 4) is 5.75 Å². The molecule has 2 heterocycles. The summed E-state index contributed by atoms with van der Waals surface area (Å²) in [5, 5.41) is 11.4. The Labute approximate surface area is 185 Å². The van der Waals surface area contributed by atoms with Gasteiger partial charge in [-0.3, -0.25) is 14.6 Å². The minimum Gasteiger partial charge on any atom is -0.496 e. The molecule has 0 radical (unpaired) electrons. The minimum atomic E-state index is -0.481. The Kier molecular flexibility index (Phi) is 5.98. The zero-order valence-corrected chi connectivity index (χ0v) is 18.2. The molecular formula is C23H27N5O4. The molecule has 32 heavy (non-hydrogen) atoms. The van der Waals surface area contributed by atoms with Crippen molar-refractivity contribution in [2.45, 2.75) is 44.2 Å². The van der Waals surface area contributed by atoms with Crippen LogP contribution in [0, 0.1) is 0 Å². The third kappa shape index (κ3) is 4.51. The first kappa shape index (κ1) is 21.6. The number of nitrogens with zero attached hydrogens (tertiary/aromatic N) is 2. The van der Waals surface area contributed by atoms with Crippen LogP contribution in [0.4, 0.5) is 0 Å². The Morgan fingerprint density at radius 1 is 1.19 bits per heavy atom. The monoisotopic (exact) mass is 437 g/mol. The van der Waals surface area contributed by atoms with Gasteiger partial charge in [0.15, 0.2) is 5.82 Å². The van der Waals surface area contributed by atoms with Crippen molar-refractivity contribution >= 4 is 22.6 Å². The van der Waals surface area contributed by atoms with Crippen LogP contribution in [0.5, 0.6) is 5.75 Å². The van der Waals surface area contributed by atoms with Crippen LogP contribution in [0.2, 0.25) is 0 Å². The molecule has 1 fully saturated rings. The van der Waals surface area contributed by atoms with Crippen LogP contribution in [0.15, 0.2) is 41.2 Å². The van der Waals surface area contributed by atoms with Gasteiger partial charge in [0.2, 0.25) is 11.8 Å². The summed E-state index contributed by atoms with van der Waals surface area (Å²) in [5.41, 5.74) is 0.227. The maximum absolute atomic E-state index is 12.7. The van der Waals surface area contributed by atoms with E-state index in [-0.39, 0.29) is 24.8 Å². The van der Waals surface area contributed by atoms with Crippen molar-refractivity contribution in [2.75, 3.05) is 14.2 Å². The second-order valence-corrected chi connectivity index (χ2v) is 8.35. The number of aromatic amines is 2. The molecule has 2 amide bonds. The fourth-order valence-corrected chi connectivity index (χ4v) is 4.44. The van der Waals surface area contributed by atoms with Crippen LogP contribution < -0.4 is 15.7 Å². The molecule has 1 aromatic heterocycles. The summed E-state index contributed by atoms with van der Waals surface area (Å²) in [4.78, 5) is 40.2. The number of methoxy groups -OCH3 is 1. The number of hydrogen-bond acceptors (Lipinski definition) is 5. The van der Waals surface area contributed by atoms with Crippen molar-refractivity contribution in [3.05, 3.63) is 58.3 Å². The van der Waals surface area contributed by atoms with E-state index in [9.17, 15) is 14.4 Å². The number of hydrogen-bond donors (Lipinski definition) is 3. The van der Waals surface area contributed by atoms with Gasteiger partial charge in [-0.05, 0) is 36.3 Å². The second-order valence-electron chi connectivity index (χ2n) is 8.35. The normalized spacial score (nSPS) is 18.0. The van der Waals surface area contributed by atoms with Crippen molar-refractivity contribution in [2.24, 2.45) is 0 Å². The number of carbonyl (C=O) groups is 2. The highest BCUT2D eigenvalue weighted by Gasteiger charge is 2.38. The average molecular weight is 438 g/mol. The fraction of sp³-hybridized carbons (Fsp3) is 0.391. The molecule has 1 atom stereocenters. The Morgan fingerprint density at radius 3 is 2.62 bits per heavy atom. The van der Waals surface area contributed by atoms with E-state index in [1.165, 1.54) is 4.90 Å². The van der Waals surface area contributed by atoms with Crippen LogP contribution in [0.3, 0.4) is 0 Å². The summed E-state index contributed by atoms with van der Waals surface area (Å²) in [5.74, 6) is 1.15. The van der Waals surface area contributed by atoms with Crippen molar-refractivity contribution in [1.82, 2.24) is 25.4 Å². The number of carbonyl (C=O) groups excluding carboxylic acids is 2. The molecule has 1 aliphatic heterocycles. The highest BCUT2D eigenvalue weighted by molar-refractivity contribution is 5.91. The summed E-state index contributed by atoms with van der Waals surface area (Å²) in [6.45, 7) is 0.208. The fourth-order valence-electron chi connectivity index (χ4n) is 4.44. The zero-order valence-electron chi connectivity index (χ0n) is 18.2. The maximum atomic E-state index is 12.7. The van der Waals surface area contributed by atoms with Crippen molar-refractivity contribution in [3.63, 3.8) is 0 Å². The Bertz CT molecular complexity index is 1200. The van der Waals surface area contributed by atoms with Gasteiger partial charge in [0.25, 0.3) is 0 Å². The number of rotatable bonds is 8. The lowest BCUT2D eigenvalue weighted by atomic mass is 9.83. The first-order valence-corrected chi connectivity index (χ1v) is 10.6. The number of nitrogens with one attached hydrogen (secondary N) is 3. The van der Waals surface area contributed by atoms with Crippen molar-refractivity contribution < 1.29 is 14.3 Å². The molecule has 1 aliphatic rings. The van der Waals surface area contributed by atoms with Crippen LogP contribution in [-0.2, 0) is 22.6 Å². The summed E-state index contributed by atoms with van der Waals surface area (Å²) < 4.78 is 5.50. The third-order valence-electron chi connectivity index (χ3n) is 6.14. The number of fused-ring (bicyclic) bond motifs is 1. The molecule has 0 saturated carbocycles. The summed E-state index contributed by atoms with van der Waals surface area (Å²) in [6.07, 6.45) is 2.56. The number of ether oxygens (including phenoxy) is 1. The number of aromatic nitrogens is 3. The molecule has 9 heteroatoms. The second kappa shape index (κ2) is 8.86. The van der Waals surface area contributed by atoms with Crippen LogP contribution >= 0.6 is 0 Å². The van der Waals surface area contributed by atoms with E-state index in [0.29, 0.717) is 31.5 Å². The van der Waals surface area contributed by atoms with Gasteiger partial charge in [0.1, 0.15) is 5.75 Å². The summed E-state index contributed by atoms with van der Waals surface area (Å²) in [7, 11) is 3.33. The molecule has 168 valence electrons. The van der Waals surface area contributed by atoms with E-state index in [1.807, 2.05) is 30.3 Å². The summed E-state index contributed by atoms with van der Waals surface area (Å²) in [6, 6.07) is 12.0. The molecule has 0 spiro atoms. The predicted octanol–water partition coefficient (Wildman–Crippen LogP) is 1.89. The molecule has 0 bridgehead atoms. The largest absolute Gasteiger partial charge is 0.496 e. The van der Waals surface area contributed by atoms with E-state index in [2.05, 4.69) is 26.6 Å². The Balaban J connectivity index is 1.51. The lowest BCUT2D eigenvalue weighted by Gasteiger charge is -2.30. The first-order chi connectivity index (χ1) is 15.4. The smallest absolute Gasteiger partial charge is 0.340 e. The lowest BCUT2D eigenvalue weighted by Crippen LogP contribution is -2.44. The molecule has 0 unspecified atom stereocenters. The molecule has 4 rings (SSSR count). The molecule has 3 N–H and O–H groups in total. The van der Waals surface area contributed by atoms with Gasteiger partial charge < -0.3 is 15.0 Å². The van der Waals surface area contributed by atoms with Gasteiger partial charge in [0.05, 0.1) is 13.7 Å². The van der Waals surface area contributed by atoms with Crippen molar-refractivity contribution in [1.29, 1.82) is 0 Å². The Hall–Kier alpha value is -3.62. The third-order valence-corrected chi connectivity index (χ3v) is 6.14. The number of H-pyrrole nitrogens is 2. The molecule has 2 aromatic carbocycles. The maximum Gasteiger partial charge on any atom is 0.340 e. The molecule has 1 saturated heterocycles. The topological polar surface area (TPSA) is 120 Å². The van der Waals surface area contributed by atoms with Gasteiger partial charge >= 0.3 is 5.69 Å². The predicted molar refractivity (Wildman–Crippen MR) is 119 cm³/mol. The molecular weight excluding hydrogens is 410 g/mol. The van der Waals surface area contributed by atoms with Crippen LogP contribution in [-0.4, -0.2) is 51.6 Å². The Morgan fingerprint density at radius 2 is 1.97 bits per heavy atom. The molecule has 9 nitrogen and oxygen atoms in total. The van der Waals surface area contributed by atoms with Crippen LogP contribution in [0.25, 0.3) is 10.8 Å². The zero-order chi connectivity index (χ0) is 22.7. The van der Waals surface area contributed by atoms with Gasteiger partial charge in [0, 0.05) is 30.8 Å². The van der Waals surface area contributed by atoms with Gasteiger partial charge in [-0.2, -0.15) is 5.10 Å². The molecule has 0 aliphatic carbocycles. The van der Waals surface area contributed by atoms with Gasteiger partial charge in [-0.1, -0.05) is 30.3 Å². The average Bonchev–Trinajstić information content (AvgIpc) is 3.37. The minimum absolute atomic E-state index is 0.0118. The number of amides is 2. The van der Waals surface area contributed by atoms with E-state index >= 15 is 0 Å². The molecule has 3 aromatic rings. The quantitative estimate of drug-likeness (QED) is 0.497. The van der Waals surface area contributed by atoms with E-state index in [0.717, 1.165) is 22.1 Å². The van der Waals surface area contributed by atoms with Crippen LogP contribution in [0.1, 0.15) is 37.1 Å². The van der Waals surface area contributed by atoms with E-state index in [1.54, 1.807) is 14.2 Å². The highest BCUT2D eigenvalue weighted by atomic mass is 16.5. The standard InChI is InChI=1S/C23H27N5O4/c1-28(14-19-24-22(31)27-26-19)21(30)10-12-23(11-9-20(29)25-23)13-15-7-8-18(32-2)17-6-4-3-5-16(15)17/h3-8H,9-14H2,1-2H3,(H,25,29)(H2,24,26,27,31)/t23-/m0/s1. The van der Waals surface area contributed by atoms with E-state index < -0.39 is 11.2 Å². The summed E-state index contributed by atoms with van der Waals surface area (Å²) >= 11 is 0. The van der Waals surface area contributed by atoms with Gasteiger partial charge in [-0.15, -0.1) is 0 Å². The van der Waals surface area contributed by atoms with Gasteiger partial charge in [-0.25, -0.2) is 9.89 Å². The SMILES string of the molecule is COc1ccc(C[C@@]2(CCC(=O)N(C)Cc3n[nH]c(=O)[nH]3)CCC(=O)N2)c2ccccc12. The highest BCUT2D eigenvalue weighted by Crippen LogP contribution is 2.35. The lowest BCUT2D eigenvalue weighted by molar-refractivity contribution is -0.131.